The van der Waals surface area contributed by atoms with Gasteiger partial charge in [-0.15, -0.1) is 0 Å². The van der Waals surface area contributed by atoms with Crippen molar-refractivity contribution in [2.24, 2.45) is 0 Å². The fourth-order valence-corrected chi connectivity index (χ4v) is 3.58. The average Bonchev–Trinajstić information content (AvgIpc) is 3.19. The third-order valence-electron chi connectivity index (χ3n) is 5.12. The van der Waals surface area contributed by atoms with Crippen molar-refractivity contribution in [3.05, 3.63) is 41.0 Å². The summed E-state index contributed by atoms with van der Waals surface area (Å²) in [6.07, 6.45) is 4.21. The van der Waals surface area contributed by atoms with Crippen LogP contribution in [-0.4, -0.2) is 53.7 Å². The molecule has 1 aromatic heterocycles. The Morgan fingerprint density at radius 2 is 2.10 bits per heavy atom. The maximum atomic E-state index is 13.1. The molecule has 2 aromatic rings. The molecule has 0 radical (unpaired) electrons. The van der Waals surface area contributed by atoms with Crippen LogP contribution < -0.4 is 5.32 Å². The fraction of sp³-hybridized carbons (Fsp3) is 0.476. The molecule has 1 atom stereocenters. The number of aromatic nitrogens is 1. The lowest BCUT2D eigenvalue weighted by molar-refractivity contribution is -0.121. The number of carbonyl (C=O) groups excluding carboxylic acids is 2. The molecule has 1 saturated carbocycles. The highest BCUT2D eigenvalue weighted by Crippen LogP contribution is 2.24. The van der Waals surface area contributed by atoms with Gasteiger partial charge < -0.3 is 19.5 Å². The summed E-state index contributed by atoms with van der Waals surface area (Å²) in [6.45, 7) is 1.46. The van der Waals surface area contributed by atoms with Crippen LogP contribution in [-0.2, 0) is 9.53 Å². The molecule has 1 unspecified atom stereocenters. The van der Waals surface area contributed by atoms with Gasteiger partial charge in [0.1, 0.15) is 0 Å². The summed E-state index contributed by atoms with van der Waals surface area (Å²) in [5.41, 5.74) is 0.958. The van der Waals surface area contributed by atoms with Crippen LogP contribution in [0, 0.1) is 0 Å². The van der Waals surface area contributed by atoms with Crippen LogP contribution >= 0.6 is 11.6 Å². The quantitative estimate of drug-likeness (QED) is 0.712. The number of carbonyl (C=O) groups is 2. The first-order chi connectivity index (χ1) is 14.1. The van der Waals surface area contributed by atoms with E-state index in [1.165, 1.54) is 0 Å². The second kappa shape index (κ2) is 8.97. The first-order valence-corrected chi connectivity index (χ1v) is 10.4. The Hall–Kier alpha value is -2.38. The molecule has 0 spiro atoms. The highest BCUT2D eigenvalue weighted by Gasteiger charge is 2.27. The van der Waals surface area contributed by atoms with Gasteiger partial charge in [-0.3, -0.25) is 9.59 Å². The summed E-state index contributed by atoms with van der Waals surface area (Å²) in [4.78, 5) is 26.8. The van der Waals surface area contributed by atoms with Crippen LogP contribution in [0.1, 0.15) is 42.6 Å². The van der Waals surface area contributed by atoms with E-state index in [0.29, 0.717) is 36.5 Å². The fourth-order valence-electron chi connectivity index (χ4n) is 3.39. The molecule has 2 amide bonds. The van der Waals surface area contributed by atoms with Crippen molar-refractivity contribution < 1.29 is 18.8 Å². The van der Waals surface area contributed by atoms with Crippen LogP contribution in [0.15, 0.2) is 34.9 Å². The van der Waals surface area contributed by atoms with E-state index in [0.717, 1.165) is 31.2 Å². The normalized spacial score (nSPS) is 18.6. The molecule has 1 N–H and O–H groups in total. The van der Waals surface area contributed by atoms with Gasteiger partial charge in [0.2, 0.25) is 5.91 Å². The lowest BCUT2D eigenvalue weighted by Crippen LogP contribution is -2.40. The Labute approximate surface area is 174 Å². The zero-order chi connectivity index (χ0) is 20.2. The van der Waals surface area contributed by atoms with Gasteiger partial charge in [0.15, 0.2) is 11.5 Å². The molecule has 1 saturated heterocycles. The van der Waals surface area contributed by atoms with Gasteiger partial charge >= 0.3 is 0 Å². The summed E-state index contributed by atoms with van der Waals surface area (Å²) < 4.78 is 11.1. The van der Waals surface area contributed by atoms with Crippen molar-refractivity contribution in [3.8, 4) is 11.3 Å². The molecule has 1 aliphatic carbocycles. The van der Waals surface area contributed by atoms with Crippen LogP contribution in [0.2, 0.25) is 5.02 Å². The van der Waals surface area contributed by atoms with E-state index < -0.39 is 0 Å². The van der Waals surface area contributed by atoms with Gasteiger partial charge in [-0.2, -0.15) is 0 Å². The summed E-state index contributed by atoms with van der Waals surface area (Å²) >= 11 is 6.03. The molecule has 29 heavy (non-hydrogen) atoms. The number of rotatable bonds is 8. The second-order valence-corrected chi connectivity index (χ2v) is 8.00. The molecule has 1 aliphatic heterocycles. The smallest absolute Gasteiger partial charge is 0.276 e. The summed E-state index contributed by atoms with van der Waals surface area (Å²) in [5, 5.41) is 7.49. The molecule has 154 valence electrons. The number of amides is 2. The van der Waals surface area contributed by atoms with E-state index in [4.69, 9.17) is 20.9 Å². The minimum Gasteiger partial charge on any atom is -0.376 e. The van der Waals surface area contributed by atoms with Crippen molar-refractivity contribution in [3.63, 3.8) is 0 Å². The highest BCUT2D eigenvalue weighted by atomic mass is 35.5. The Kier molecular flexibility index (Phi) is 6.16. The molecular formula is C21H24ClN3O4. The van der Waals surface area contributed by atoms with Gasteiger partial charge in [0, 0.05) is 48.8 Å². The number of ether oxygens (including phenoxy) is 1. The van der Waals surface area contributed by atoms with Crippen molar-refractivity contribution >= 4 is 23.4 Å². The molecule has 7 nitrogen and oxygen atoms in total. The molecule has 2 aliphatic rings. The maximum Gasteiger partial charge on any atom is 0.276 e. The number of nitrogens with one attached hydrogen (secondary N) is 1. The van der Waals surface area contributed by atoms with Gasteiger partial charge in [-0.05, 0) is 37.8 Å². The minimum absolute atomic E-state index is 0.00950. The number of halogens is 1. The maximum absolute atomic E-state index is 13.1. The summed E-state index contributed by atoms with van der Waals surface area (Å²) in [6, 6.07) is 9.09. The number of benzene rings is 1. The van der Waals surface area contributed by atoms with E-state index in [9.17, 15) is 9.59 Å². The lowest BCUT2D eigenvalue weighted by Gasteiger charge is -2.24. The molecular weight excluding hydrogens is 394 g/mol. The molecule has 2 fully saturated rings. The van der Waals surface area contributed by atoms with Crippen LogP contribution in [0.5, 0.6) is 0 Å². The highest BCUT2D eigenvalue weighted by molar-refractivity contribution is 6.30. The van der Waals surface area contributed by atoms with Crippen LogP contribution in [0.4, 0.5) is 0 Å². The molecule has 0 bridgehead atoms. The monoisotopic (exact) mass is 417 g/mol. The van der Waals surface area contributed by atoms with E-state index in [2.05, 4.69) is 10.5 Å². The predicted molar refractivity (Wildman–Crippen MR) is 108 cm³/mol. The zero-order valence-electron chi connectivity index (χ0n) is 16.1. The second-order valence-electron chi connectivity index (χ2n) is 7.56. The third-order valence-corrected chi connectivity index (χ3v) is 5.36. The largest absolute Gasteiger partial charge is 0.376 e. The van der Waals surface area contributed by atoms with Crippen molar-refractivity contribution in [2.45, 2.75) is 44.2 Å². The first kappa shape index (κ1) is 19.9. The minimum atomic E-state index is -0.267. The molecule has 8 heteroatoms. The van der Waals surface area contributed by atoms with E-state index in [1.807, 2.05) is 12.1 Å². The summed E-state index contributed by atoms with van der Waals surface area (Å²) in [7, 11) is 0. The standard InChI is InChI=1S/C21H24ClN3O4/c22-15-4-1-3-14(11-15)19-12-18(24-29-19)21(27)25(13-17-5-2-10-28-17)9-8-20(26)23-16-6-7-16/h1,3-4,11-12,16-17H,2,5-10,13H2,(H,23,26). The Balaban J connectivity index is 1.45. The van der Waals surface area contributed by atoms with E-state index >= 15 is 0 Å². The number of nitrogens with zero attached hydrogens (tertiary/aromatic N) is 2. The van der Waals surface area contributed by atoms with Crippen molar-refractivity contribution in [1.82, 2.24) is 15.4 Å². The third kappa shape index (κ3) is 5.36. The van der Waals surface area contributed by atoms with Crippen LogP contribution in [0.3, 0.4) is 0 Å². The number of hydrogen-bond acceptors (Lipinski definition) is 5. The van der Waals surface area contributed by atoms with Gasteiger partial charge in [-0.1, -0.05) is 28.9 Å². The zero-order valence-corrected chi connectivity index (χ0v) is 16.9. The van der Waals surface area contributed by atoms with Crippen molar-refractivity contribution in [2.75, 3.05) is 19.7 Å². The Morgan fingerprint density at radius 1 is 1.24 bits per heavy atom. The number of hydrogen-bond donors (Lipinski definition) is 1. The SMILES string of the molecule is O=C(CCN(CC1CCCO1)C(=O)c1cc(-c2cccc(Cl)c2)on1)NC1CC1. The van der Waals surface area contributed by atoms with E-state index in [1.54, 1.807) is 23.1 Å². The molecule has 1 aromatic carbocycles. The van der Waals surface area contributed by atoms with Crippen LogP contribution in [0.25, 0.3) is 11.3 Å². The molecule has 2 heterocycles. The lowest BCUT2D eigenvalue weighted by atomic mass is 10.1. The Morgan fingerprint density at radius 3 is 2.83 bits per heavy atom. The van der Waals surface area contributed by atoms with Gasteiger partial charge in [-0.25, -0.2) is 0 Å². The van der Waals surface area contributed by atoms with E-state index in [-0.39, 0.29) is 30.0 Å². The molecule has 4 rings (SSSR count). The summed E-state index contributed by atoms with van der Waals surface area (Å²) in [5.74, 6) is 0.175. The van der Waals surface area contributed by atoms with Gasteiger partial charge in [0.05, 0.1) is 6.10 Å². The first-order valence-electron chi connectivity index (χ1n) is 10.0. The van der Waals surface area contributed by atoms with Crippen molar-refractivity contribution in [1.29, 1.82) is 0 Å². The average molecular weight is 418 g/mol. The Bertz CT molecular complexity index is 874. The van der Waals surface area contributed by atoms with Gasteiger partial charge in [0.25, 0.3) is 5.91 Å². The topological polar surface area (TPSA) is 84.7 Å². The predicted octanol–water partition coefficient (Wildman–Crippen LogP) is 3.28.